The highest BCUT2D eigenvalue weighted by molar-refractivity contribution is 6.21. The first-order valence-corrected chi connectivity index (χ1v) is 11.2. The zero-order chi connectivity index (χ0) is 25.5. The van der Waals surface area contributed by atoms with Crippen molar-refractivity contribution in [2.24, 2.45) is 4.99 Å². The van der Waals surface area contributed by atoms with Gasteiger partial charge < -0.3 is 4.74 Å². The normalized spacial score (nSPS) is 14.7. The van der Waals surface area contributed by atoms with Crippen LogP contribution in [0.3, 0.4) is 0 Å². The van der Waals surface area contributed by atoms with Gasteiger partial charge in [0, 0.05) is 18.1 Å². The van der Waals surface area contributed by atoms with Gasteiger partial charge in [0.25, 0.3) is 5.91 Å². The molecule has 36 heavy (non-hydrogen) atoms. The van der Waals surface area contributed by atoms with Crippen molar-refractivity contribution in [3.8, 4) is 0 Å². The highest BCUT2D eigenvalue weighted by atomic mass is 16.5. The van der Waals surface area contributed by atoms with Gasteiger partial charge in [0.15, 0.2) is 0 Å². The summed E-state index contributed by atoms with van der Waals surface area (Å²) in [5.41, 5.74) is 2.98. The molecule has 0 radical (unpaired) electrons. The van der Waals surface area contributed by atoms with E-state index in [2.05, 4.69) is 15.6 Å². The Morgan fingerprint density at radius 1 is 0.917 bits per heavy atom. The van der Waals surface area contributed by atoms with E-state index in [1.54, 1.807) is 24.3 Å². The van der Waals surface area contributed by atoms with Crippen molar-refractivity contribution in [2.45, 2.75) is 19.7 Å². The van der Waals surface area contributed by atoms with Crippen molar-refractivity contribution in [1.29, 1.82) is 0 Å². The first kappa shape index (κ1) is 24.3. The number of fused-ring (bicyclic) bond motifs is 1. The van der Waals surface area contributed by atoms with E-state index in [0.717, 1.165) is 11.1 Å². The van der Waals surface area contributed by atoms with E-state index in [4.69, 9.17) is 4.74 Å². The number of nitrogens with zero attached hydrogens (tertiary/aromatic N) is 2. The summed E-state index contributed by atoms with van der Waals surface area (Å²) in [7, 11) is 0. The molecule has 0 aliphatic carbocycles. The molecule has 1 aliphatic rings. The van der Waals surface area contributed by atoms with Crippen LogP contribution in [0.5, 0.6) is 0 Å². The van der Waals surface area contributed by atoms with Gasteiger partial charge in [-0.25, -0.2) is 9.79 Å². The van der Waals surface area contributed by atoms with Crippen molar-refractivity contribution in [1.82, 2.24) is 10.6 Å². The fraction of sp³-hybridized carbons (Fsp3) is 0.148. The molecule has 3 aromatic rings. The molecule has 1 aliphatic heterocycles. The summed E-state index contributed by atoms with van der Waals surface area (Å²) >= 11 is 0. The predicted molar refractivity (Wildman–Crippen MR) is 133 cm³/mol. The van der Waals surface area contributed by atoms with Crippen molar-refractivity contribution in [3.63, 3.8) is 0 Å². The van der Waals surface area contributed by atoms with Gasteiger partial charge in [-0.3, -0.25) is 29.9 Å². The number of aliphatic imine (C=N–C) groups is 1. The number of anilines is 1. The van der Waals surface area contributed by atoms with E-state index in [0.29, 0.717) is 17.0 Å². The number of carbonyl (C=O) groups excluding carboxylic acids is 4. The summed E-state index contributed by atoms with van der Waals surface area (Å²) in [6.07, 6.45) is -2.21. The van der Waals surface area contributed by atoms with E-state index in [1.807, 2.05) is 60.7 Å². The van der Waals surface area contributed by atoms with Crippen LogP contribution < -0.4 is 15.5 Å². The lowest BCUT2D eigenvalue weighted by atomic mass is 10.0. The number of hydrogen-bond acceptors (Lipinski definition) is 6. The number of benzodiazepines with no additional fused rings is 1. The van der Waals surface area contributed by atoms with Crippen LogP contribution in [0.1, 0.15) is 23.6 Å². The summed E-state index contributed by atoms with van der Waals surface area (Å²) < 4.78 is 5.29. The molecule has 2 N–H and O–H groups in total. The maximum absolute atomic E-state index is 13.6. The Morgan fingerprint density at radius 3 is 2.25 bits per heavy atom. The van der Waals surface area contributed by atoms with E-state index < -0.39 is 36.5 Å². The number of alkyl carbamates (subject to hydrolysis) is 1. The van der Waals surface area contributed by atoms with Crippen LogP contribution in [-0.4, -0.2) is 42.2 Å². The molecule has 0 fully saturated rings. The minimum absolute atomic E-state index is 0.00774. The van der Waals surface area contributed by atoms with Crippen molar-refractivity contribution in [2.75, 3.05) is 11.4 Å². The van der Waals surface area contributed by atoms with Crippen molar-refractivity contribution in [3.05, 3.63) is 102 Å². The van der Waals surface area contributed by atoms with Gasteiger partial charge in [-0.1, -0.05) is 78.9 Å². The van der Waals surface area contributed by atoms with Gasteiger partial charge >= 0.3 is 6.09 Å². The number of imide groups is 1. The number of benzene rings is 3. The minimum atomic E-state index is -1.37. The summed E-state index contributed by atoms with van der Waals surface area (Å²) in [6, 6.07) is 25.3. The van der Waals surface area contributed by atoms with Gasteiger partial charge in [-0.2, -0.15) is 0 Å². The second kappa shape index (κ2) is 11.1. The van der Waals surface area contributed by atoms with Crippen LogP contribution in [-0.2, 0) is 25.7 Å². The molecule has 1 atom stereocenters. The van der Waals surface area contributed by atoms with Crippen LogP contribution in [0.2, 0.25) is 0 Å². The average molecular weight is 485 g/mol. The van der Waals surface area contributed by atoms with Crippen molar-refractivity contribution < 1.29 is 23.9 Å². The number of hydrogen-bond donors (Lipinski definition) is 2. The first-order chi connectivity index (χ1) is 17.4. The zero-order valence-electron chi connectivity index (χ0n) is 19.5. The molecule has 0 saturated carbocycles. The van der Waals surface area contributed by atoms with Crippen LogP contribution >= 0.6 is 0 Å². The Kier molecular flexibility index (Phi) is 7.50. The van der Waals surface area contributed by atoms with Crippen LogP contribution in [0.4, 0.5) is 10.5 Å². The summed E-state index contributed by atoms with van der Waals surface area (Å²) in [5.74, 6) is -1.86. The largest absolute Gasteiger partial charge is 0.445 e. The molecule has 3 aromatic carbocycles. The van der Waals surface area contributed by atoms with Gasteiger partial charge in [0.05, 0.1) is 11.4 Å². The molecular formula is C27H24N4O5. The van der Waals surface area contributed by atoms with Crippen molar-refractivity contribution >= 4 is 35.2 Å². The number of rotatable bonds is 6. The van der Waals surface area contributed by atoms with Gasteiger partial charge in [0.2, 0.25) is 18.0 Å². The molecule has 4 rings (SSSR count). The summed E-state index contributed by atoms with van der Waals surface area (Å²) in [4.78, 5) is 55.9. The lowest BCUT2D eigenvalue weighted by Gasteiger charge is -2.24. The Bertz CT molecular complexity index is 1310. The van der Waals surface area contributed by atoms with Gasteiger partial charge in [-0.15, -0.1) is 0 Å². The maximum Gasteiger partial charge on any atom is 0.409 e. The third-order valence-electron chi connectivity index (χ3n) is 5.34. The van der Waals surface area contributed by atoms with E-state index in [9.17, 15) is 19.2 Å². The zero-order valence-corrected chi connectivity index (χ0v) is 19.5. The van der Waals surface area contributed by atoms with E-state index in [-0.39, 0.29) is 6.61 Å². The fourth-order valence-corrected chi connectivity index (χ4v) is 3.77. The number of carbonyl (C=O) groups is 4. The molecular weight excluding hydrogens is 460 g/mol. The molecule has 182 valence electrons. The molecule has 9 nitrogen and oxygen atoms in total. The highest BCUT2D eigenvalue weighted by Gasteiger charge is 2.34. The number of nitrogens with one attached hydrogen (secondary N) is 2. The topological polar surface area (TPSA) is 117 Å². The third-order valence-corrected chi connectivity index (χ3v) is 5.34. The van der Waals surface area contributed by atoms with Crippen LogP contribution in [0.25, 0.3) is 0 Å². The second-order valence-electron chi connectivity index (χ2n) is 8.00. The lowest BCUT2D eigenvalue weighted by Crippen LogP contribution is -2.50. The fourth-order valence-electron chi connectivity index (χ4n) is 3.77. The summed E-state index contributed by atoms with van der Waals surface area (Å²) in [6.45, 7) is 0.776. The SMILES string of the molecule is CC(=O)NC(=O)CN1C(=O)C(NC(=O)OCc2ccccc2)N=C(c2ccccc2)c2ccccc21. The van der Waals surface area contributed by atoms with Gasteiger partial charge in [-0.05, 0) is 11.6 Å². The molecule has 0 spiro atoms. The molecule has 4 amide bonds. The molecule has 1 heterocycles. The third kappa shape index (κ3) is 5.82. The number of ether oxygens (including phenoxy) is 1. The minimum Gasteiger partial charge on any atom is -0.445 e. The molecule has 1 unspecified atom stereocenters. The quantitative estimate of drug-likeness (QED) is 0.558. The van der Waals surface area contributed by atoms with Crippen LogP contribution in [0.15, 0.2) is 89.9 Å². The first-order valence-electron chi connectivity index (χ1n) is 11.2. The monoisotopic (exact) mass is 484 g/mol. The highest BCUT2D eigenvalue weighted by Crippen LogP contribution is 2.28. The molecule has 0 saturated heterocycles. The molecule has 0 aromatic heterocycles. The Morgan fingerprint density at radius 2 is 1.56 bits per heavy atom. The Labute approximate surface area is 207 Å². The standard InChI is InChI=1S/C27H24N4O5/c1-18(32)28-23(33)16-31-22-15-9-8-14-21(22)24(20-12-6-3-7-13-20)29-25(26(31)34)30-27(35)36-17-19-10-4-2-5-11-19/h2-15,25H,16-17H2,1H3,(H,30,35)(H,28,32,33). The predicted octanol–water partition coefficient (Wildman–Crippen LogP) is 2.79. The maximum atomic E-state index is 13.6. The summed E-state index contributed by atoms with van der Waals surface area (Å²) in [5, 5.41) is 4.70. The molecule has 0 bridgehead atoms. The lowest BCUT2D eigenvalue weighted by molar-refractivity contribution is -0.130. The smallest absolute Gasteiger partial charge is 0.409 e. The second-order valence-corrected chi connectivity index (χ2v) is 8.00. The van der Waals surface area contributed by atoms with E-state index in [1.165, 1.54) is 11.8 Å². The average Bonchev–Trinajstić information content (AvgIpc) is 2.99. The van der Waals surface area contributed by atoms with Gasteiger partial charge in [0.1, 0.15) is 13.2 Å². The molecule has 9 heteroatoms. The Balaban J connectivity index is 1.68. The van der Waals surface area contributed by atoms with Crippen LogP contribution in [0, 0.1) is 0 Å². The number of amides is 4. The van der Waals surface area contributed by atoms with E-state index >= 15 is 0 Å². The Hall–Kier alpha value is -4.79. The number of para-hydroxylation sites is 1.